The summed E-state index contributed by atoms with van der Waals surface area (Å²) in [5.41, 5.74) is 0. The van der Waals surface area contributed by atoms with Gasteiger partial charge in [0, 0.05) is 26.2 Å². The molecule has 112 valence electrons. The zero-order valence-electron chi connectivity index (χ0n) is 11.0. The third-order valence-corrected chi connectivity index (χ3v) is 3.13. The molecule has 0 saturated heterocycles. The molecule has 1 rings (SSSR count). The van der Waals surface area contributed by atoms with Gasteiger partial charge in [0.25, 0.3) is 10.1 Å². The summed E-state index contributed by atoms with van der Waals surface area (Å²) in [6, 6.07) is -1.97. The first-order valence-corrected chi connectivity index (χ1v) is 7.28. The standard InChI is InChI=1S/C10H16N4O5S/c1-6(15)13-8(5-20(17,18)19)9(14-7(2)16)10-11-3-4-12-10/h3-4,8-9H,5H2,1-2H3,(H,11,12)(H,13,15)(H,14,16)(H,17,18,19). The van der Waals surface area contributed by atoms with Crippen LogP contribution in [0.2, 0.25) is 0 Å². The van der Waals surface area contributed by atoms with Gasteiger partial charge in [-0.05, 0) is 0 Å². The highest BCUT2D eigenvalue weighted by atomic mass is 32.2. The second kappa shape index (κ2) is 6.48. The minimum atomic E-state index is -4.35. The van der Waals surface area contributed by atoms with Gasteiger partial charge in [-0.25, -0.2) is 4.98 Å². The Hall–Kier alpha value is -1.94. The second-order valence-electron chi connectivity index (χ2n) is 4.21. The quantitative estimate of drug-likeness (QED) is 0.496. The molecule has 0 aliphatic rings. The summed E-state index contributed by atoms with van der Waals surface area (Å²) in [7, 11) is -4.35. The van der Waals surface area contributed by atoms with Crippen LogP contribution in [0.1, 0.15) is 25.7 Å². The lowest BCUT2D eigenvalue weighted by Gasteiger charge is -2.25. The van der Waals surface area contributed by atoms with E-state index in [2.05, 4.69) is 20.6 Å². The number of carbonyl (C=O) groups excluding carboxylic acids is 2. The summed E-state index contributed by atoms with van der Waals surface area (Å²) in [6.45, 7) is 2.44. The Morgan fingerprint density at radius 3 is 2.35 bits per heavy atom. The van der Waals surface area contributed by atoms with E-state index in [9.17, 15) is 18.0 Å². The first-order chi connectivity index (χ1) is 9.19. The largest absolute Gasteiger partial charge is 0.350 e. The molecule has 0 saturated carbocycles. The molecule has 20 heavy (non-hydrogen) atoms. The average Bonchev–Trinajstić information content (AvgIpc) is 2.74. The van der Waals surface area contributed by atoms with Gasteiger partial charge in [-0.2, -0.15) is 8.42 Å². The van der Waals surface area contributed by atoms with Crippen LogP contribution in [-0.2, 0) is 19.7 Å². The van der Waals surface area contributed by atoms with Crippen molar-refractivity contribution in [2.45, 2.75) is 25.9 Å². The predicted molar refractivity (Wildman–Crippen MR) is 69.2 cm³/mol. The fourth-order valence-electron chi connectivity index (χ4n) is 1.74. The van der Waals surface area contributed by atoms with Crippen LogP contribution in [0, 0.1) is 0 Å². The van der Waals surface area contributed by atoms with E-state index >= 15 is 0 Å². The molecule has 2 atom stereocenters. The Bertz CT molecular complexity index is 568. The molecule has 4 N–H and O–H groups in total. The van der Waals surface area contributed by atoms with Crippen LogP contribution in [0.3, 0.4) is 0 Å². The minimum absolute atomic E-state index is 0.266. The molecule has 0 bridgehead atoms. The topological polar surface area (TPSA) is 141 Å². The van der Waals surface area contributed by atoms with Crippen molar-refractivity contribution in [3.05, 3.63) is 18.2 Å². The average molecular weight is 304 g/mol. The van der Waals surface area contributed by atoms with Gasteiger partial charge < -0.3 is 15.6 Å². The third kappa shape index (κ3) is 5.36. The van der Waals surface area contributed by atoms with Gasteiger partial charge in [-0.15, -0.1) is 0 Å². The Labute approximate surface area is 115 Å². The van der Waals surface area contributed by atoms with Crippen LogP contribution in [-0.4, -0.2) is 46.5 Å². The third-order valence-electron chi connectivity index (χ3n) is 2.35. The zero-order chi connectivity index (χ0) is 15.3. The second-order valence-corrected chi connectivity index (χ2v) is 5.71. The number of nitrogens with zero attached hydrogens (tertiary/aromatic N) is 1. The molecule has 10 heteroatoms. The van der Waals surface area contributed by atoms with Gasteiger partial charge in [0.2, 0.25) is 11.8 Å². The summed E-state index contributed by atoms with van der Waals surface area (Å²) in [6.07, 6.45) is 2.91. The Balaban J connectivity index is 3.08. The van der Waals surface area contributed by atoms with Gasteiger partial charge in [-0.1, -0.05) is 0 Å². The van der Waals surface area contributed by atoms with Gasteiger partial charge in [-0.3, -0.25) is 14.1 Å². The minimum Gasteiger partial charge on any atom is -0.350 e. The summed E-state index contributed by atoms with van der Waals surface area (Å²) < 4.78 is 31.0. The van der Waals surface area contributed by atoms with E-state index in [0.29, 0.717) is 0 Å². The summed E-state index contributed by atoms with van der Waals surface area (Å²) in [4.78, 5) is 29.1. The van der Waals surface area contributed by atoms with Crippen LogP contribution in [0.15, 0.2) is 12.4 Å². The maximum Gasteiger partial charge on any atom is 0.266 e. The van der Waals surface area contributed by atoms with Crippen molar-refractivity contribution >= 4 is 21.9 Å². The SMILES string of the molecule is CC(=O)NC(CS(=O)(=O)O)C(NC(C)=O)c1ncc[nH]1. The smallest absolute Gasteiger partial charge is 0.266 e. The lowest BCUT2D eigenvalue weighted by atomic mass is 10.1. The maximum absolute atomic E-state index is 11.2. The van der Waals surface area contributed by atoms with Crippen LogP contribution < -0.4 is 10.6 Å². The van der Waals surface area contributed by atoms with Crippen molar-refractivity contribution in [3.8, 4) is 0 Å². The highest BCUT2D eigenvalue weighted by molar-refractivity contribution is 7.85. The molecular formula is C10H16N4O5S. The van der Waals surface area contributed by atoms with E-state index in [0.717, 1.165) is 0 Å². The number of aromatic amines is 1. The van der Waals surface area contributed by atoms with Crippen molar-refractivity contribution in [2.75, 3.05) is 5.75 Å². The first kappa shape index (κ1) is 16.1. The molecule has 2 amide bonds. The molecule has 1 aromatic rings. The summed E-state index contributed by atoms with van der Waals surface area (Å²) in [5, 5.41) is 4.86. The van der Waals surface area contributed by atoms with Gasteiger partial charge in [0.15, 0.2) is 0 Å². The number of imidazole rings is 1. The van der Waals surface area contributed by atoms with E-state index in [4.69, 9.17) is 4.55 Å². The van der Waals surface area contributed by atoms with E-state index in [1.807, 2.05) is 0 Å². The highest BCUT2D eigenvalue weighted by Gasteiger charge is 2.30. The molecule has 0 aliphatic heterocycles. The number of hydrogen-bond donors (Lipinski definition) is 4. The Morgan fingerprint density at radius 1 is 1.35 bits per heavy atom. The van der Waals surface area contributed by atoms with Gasteiger partial charge >= 0.3 is 0 Å². The van der Waals surface area contributed by atoms with Crippen molar-refractivity contribution < 1.29 is 22.6 Å². The van der Waals surface area contributed by atoms with E-state index in [1.165, 1.54) is 26.2 Å². The van der Waals surface area contributed by atoms with Crippen molar-refractivity contribution in [1.29, 1.82) is 0 Å². The number of hydrogen-bond acceptors (Lipinski definition) is 5. The maximum atomic E-state index is 11.2. The molecular weight excluding hydrogens is 288 g/mol. The number of H-pyrrole nitrogens is 1. The molecule has 0 spiro atoms. The molecule has 9 nitrogen and oxygen atoms in total. The monoisotopic (exact) mass is 304 g/mol. The Kier molecular flexibility index (Phi) is 5.22. The molecule has 2 unspecified atom stereocenters. The highest BCUT2D eigenvalue weighted by Crippen LogP contribution is 2.14. The van der Waals surface area contributed by atoms with Crippen LogP contribution in [0.5, 0.6) is 0 Å². The summed E-state index contributed by atoms with van der Waals surface area (Å²) in [5.74, 6) is -1.42. The molecule has 1 aromatic heterocycles. The number of aromatic nitrogens is 2. The van der Waals surface area contributed by atoms with Crippen molar-refractivity contribution in [3.63, 3.8) is 0 Å². The normalized spacial score (nSPS) is 14.3. The summed E-state index contributed by atoms with van der Waals surface area (Å²) >= 11 is 0. The van der Waals surface area contributed by atoms with Crippen LogP contribution >= 0.6 is 0 Å². The van der Waals surface area contributed by atoms with E-state index in [-0.39, 0.29) is 5.82 Å². The van der Waals surface area contributed by atoms with Gasteiger partial charge in [0.1, 0.15) is 11.9 Å². The Morgan fingerprint density at radius 2 is 1.95 bits per heavy atom. The molecule has 1 heterocycles. The molecule has 0 aliphatic carbocycles. The van der Waals surface area contributed by atoms with Gasteiger partial charge in [0.05, 0.1) is 11.8 Å². The van der Waals surface area contributed by atoms with Crippen molar-refractivity contribution in [1.82, 2.24) is 20.6 Å². The lowest BCUT2D eigenvalue weighted by molar-refractivity contribution is -0.122. The lowest BCUT2D eigenvalue weighted by Crippen LogP contribution is -2.49. The number of rotatable bonds is 6. The van der Waals surface area contributed by atoms with Crippen molar-refractivity contribution in [2.24, 2.45) is 0 Å². The van der Waals surface area contributed by atoms with E-state index < -0.39 is 39.8 Å². The van der Waals surface area contributed by atoms with Crippen LogP contribution in [0.4, 0.5) is 0 Å². The number of nitrogens with one attached hydrogen (secondary N) is 3. The van der Waals surface area contributed by atoms with E-state index in [1.54, 1.807) is 0 Å². The predicted octanol–water partition coefficient (Wildman–Crippen LogP) is -1.02. The molecule has 0 aromatic carbocycles. The first-order valence-electron chi connectivity index (χ1n) is 5.67. The fourth-order valence-corrected chi connectivity index (χ4v) is 2.46. The zero-order valence-corrected chi connectivity index (χ0v) is 11.8. The number of carbonyl (C=O) groups is 2. The fraction of sp³-hybridized carbons (Fsp3) is 0.500. The molecule has 0 fully saturated rings. The molecule has 0 radical (unpaired) electrons. The number of amides is 2. The van der Waals surface area contributed by atoms with Crippen LogP contribution in [0.25, 0.3) is 0 Å².